The summed E-state index contributed by atoms with van der Waals surface area (Å²) >= 11 is -2.02. The number of esters is 1. The summed E-state index contributed by atoms with van der Waals surface area (Å²) in [5, 5.41) is -6.22. The predicted octanol–water partition coefficient (Wildman–Crippen LogP) is 3.61. The molecule has 120 valence electrons. The maximum Gasteiger partial charge on any atom is 0.460 e. The normalized spacial score (nSPS) is 15.9. The predicted molar refractivity (Wildman–Crippen MR) is 45.4 cm³/mol. The van der Waals surface area contributed by atoms with Crippen molar-refractivity contribution in [2.24, 2.45) is 0 Å². The number of rotatable bonds is 5. The van der Waals surface area contributed by atoms with E-state index in [0.717, 1.165) is 0 Å². The van der Waals surface area contributed by atoms with Crippen LogP contribution in [0.1, 0.15) is 0 Å². The van der Waals surface area contributed by atoms with Crippen LogP contribution in [0.15, 0.2) is 0 Å². The third-order valence-corrected chi connectivity index (χ3v) is 2.71. The van der Waals surface area contributed by atoms with Gasteiger partial charge in [0, 0.05) is 0 Å². The fraction of sp³-hybridized carbons (Fsp3) is 0.857. The topological polar surface area (TPSA) is 26.3 Å². The molecule has 0 aliphatic heterocycles. The average molecular weight is 342 g/mol. The minimum Gasteiger partial charge on any atom is -0.466 e. The fourth-order valence-electron chi connectivity index (χ4n) is 0.706. The molecule has 0 saturated heterocycles. The zero-order chi connectivity index (χ0) is 16.6. The van der Waals surface area contributed by atoms with Crippen LogP contribution in [-0.4, -0.2) is 41.9 Å². The van der Waals surface area contributed by atoms with Gasteiger partial charge in [0.05, 0.1) is 7.11 Å². The van der Waals surface area contributed by atoms with E-state index in [-0.39, 0.29) is 0 Å². The second-order valence-corrected chi connectivity index (χ2v) is 4.28. The maximum absolute atomic E-state index is 12.8. The van der Waals surface area contributed by atoms with Gasteiger partial charge in [-0.05, 0) is 11.8 Å². The number of thioether (sulfide) groups is 1. The van der Waals surface area contributed by atoms with Crippen molar-refractivity contribution in [3.8, 4) is 0 Å². The monoisotopic (exact) mass is 342 g/mol. The zero-order valence-corrected chi connectivity index (χ0v) is 9.90. The summed E-state index contributed by atoms with van der Waals surface area (Å²) in [4.78, 5) is 10.4. The van der Waals surface area contributed by atoms with E-state index in [2.05, 4.69) is 4.74 Å². The van der Waals surface area contributed by atoms with Gasteiger partial charge in [-0.25, -0.2) is 9.18 Å². The Morgan fingerprint density at radius 1 is 0.950 bits per heavy atom. The second-order valence-electron chi connectivity index (χ2n) is 3.12. The SMILES string of the molecule is COC(=O)C(F)SC(F)(F)C(F)(F)C(F)(F)C(F)(F)F. The van der Waals surface area contributed by atoms with Crippen molar-refractivity contribution in [3.05, 3.63) is 0 Å². The highest BCUT2D eigenvalue weighted by molar-refractivity contribution is 8.01. The quantitative estimate of drug-likeness (QED) is 0.564. The van der Waals surface area contributed by atoms with E-state index >= 15 is 0 Å². The lowest BCUT2D eigenvalue weighted by Crippen LogP contribution is -2.60. The van der Waals surface area contributed by atoms with Crippen molar-refractivity contribution in [2.75, 3.05) is 7.11 Å². The first-order valence-electron chi connectivity index (χ1n) is 4.21. The molecule has 1 atom stereocenters. The van der Waals surface area contributed by atoms with Gasteiger partial charge < -0.3 is 4.74 Å². The smallest absolute Gasteiger partial charge is 0.460 e. The molecule has 0 N–H and O–H groups in total. The van der Waals surface area contributed by atoms with E-state index in [1.54, 1.807) is 0 Å². The van der Waals surface area contributed by atoms with E-state index in [1.807, 2.05) is 0 Å². The third kappa shape index (κ3) is 3.23. The number of carbonyl (C=O) groups is 1. The molecule has 0 aliphatic rings. The molecule has 0 aromatic carbocycles. The van der Waals surface area contributed by atoms with Crippen LogP contribution in [0.2, 0.25) is 0 Å². The summed E-state index contributed by atoms with van der Waals surface area (Å²) in [6, 6.07) is 0. The minimum atomic E-state index is -7.13. The van der Waals surface area contributed by atoms with Gasteiger partial charge >= 0.3 is 29.2 Å². The van der Waals surface area contributed by atoms with Gasteiger partial charge in [-0.2, -0.15) is 39.5 Å². The van der Waals surface area contributed by atoms with Crippen LogP contribution in [0.25, 0.3) is 0 Å². The highest BCUT2D eigenvalue weighted by Gasteiger charge is 2.82. The van der Waals surface area contributed by atoms with Crippen molar-refractivity contribution in [1.29, 1.82) is 0 Å². The van der Waals surface area contributed by atoms with Gasteiger partial charge in [0.2, 0.25) is 5.50 Å². The van der Waals surface area contributed by atoms with Crippen molar-refractivity contribution >= 4 is 17.7 Å². The highest BCUT2D eigenvalue weighted by atomic mass is 32.2. The van der Waals surface area contributed by atoms with Gasteiger partial charge in [-0.1, -0.05) is 0 Å². The Morgan fingerprint density at radius 3 is 1.65 bits per heavy atom. The first kappa shape index (κ1) is 19.1. The van der Waals surface area contributed by atoms with Crippen LogP contribution in [0, 0.1) is 0 Å². The van der Waals surface area contributed by atoms with Gasteiger partial charge in [-0.3, -0.25) is 0 Å². The Balaban J connectivity index is 5.42. The number of hydrogen-bond donors (Lipinski definition) is 0. The molecule has 20 heavy (non-hydrogen) atoms. The Kier molecular flexibility index (Phi) is 5.24. The number of alkyl halides is 10. The number of ether oxygens (including phenoxy) is 1. The molecule has 0 rings (SSSR count). The van der Waals surface area contributed by atoms with Crippen LogP contribution in [0.4, 0.5) is 43.9 Å². The van der Waals surface area contributed by atoms with Crippen LogP contribution in [-0.2, 0) is 9.53 Å². The Hall–Kier alpha value is -0.880. The molecule has 2 nitrogen and oxygen atoms in total. The summed E-state index contributed by atoms with van der Waals surface area (Å²) < 4.78 is 127. The first-order valence-corrected chi connectivity index (χ1v) is 5.09. The molecule has 1 unspecified atom stereocenters. The van der Waals surface area contributed by atoms with Crippen molar-refractivity contribution in [1.82, 2.24) is 0 Å². The molecule has 0 saturated carbocycles. The molecule has 0 spiro atoms. The molecule has 0 radical (unpaired) electrons. The van der Waals surface area contributed by atoms with Crippen LogP contribution in [0.3, 0.4) is 0 Å². The fourth-order valence-corrected chi connectivity index (χ4v) is 1.43. The molecule has 13 heteroatoms. The number of methoxy groups -OCH3 is 1. The summed E-state index contributed by atoms with van der Waals surface area (Å²) in [6.07, 6.45) is -7.00. The minimum absolute atomic E-state index is 0.454. The van der Waals surface area contributed by atoms with Crippen LogP contribution >= 0.6 is 11.8 Å². The maximum atomic E-state index is 12.8. The van der Waals surface area contributed by atoms with Crippen LogP contribution < -0.4 is 0 Å². The molecule has 0 fully saturated rings. The van der Waals surface area contributed by atoms with Gasteiger partial charge in [0.25, 0.3) is 0 Å². The van der Waals surface area contributed by atoms with Crippen LogP contribution in [0.5, 0.6) is 0 Å². The average Bonchev–Trinajstić information content (AvgIpc) is 2.25. The highest BCUT2D eigenvalue weighted by Crippen LogP contribution is 2.57. The van der Waals surface area contributed by atoms with E-state index in [1.165, 1.54) is 0 Å². The third-order valence-electron chi connectivity index (χ3n) is 1.75. The lowest BCUT2D eigenvalue weighted by Gasteiger charge is -2.33. The molecular weight excluding hydrogens is 338 g/mol. The van der Waals surface area contributed by atoms with E-state index in [9.17, 15) is 48.7 Å². The van der Waals surface area contributed by atoms with Crippen molar-refractivity contribution in [3.63, 3.8) is 0 Å². The molecule has 0 aliphatic carbocycles. The molecule has 0 heterocycles. The van der Waals surface area contributed by atoms with Crippen molar-refractivity contribution < 1.29 is 53.4 Å². The van der Waals surface area contributed by atoms with Gasteiger partial charge in [0.1, 0.15) is 0 Å². The molecule has 0 bridgehead atoms. The second kappa shape index (κ2) is 5.48. The lowest BCUT2D eigenvalue weighted by molar-refractivity contribution is -0.381. The summed E-state index contributed by atoms with van der Waals surface area (Å²) in [6.45, 7) is 0. The van der Waals surface area contributed by atoms with Crippen molar-refractivity contribution in [2.45, 2.75) is 28.8 Å². The number of carbonyl (C=O) groups excluding carboxylic acids is 1. The summed E-state index contributed by atoms with van der Waals surface area (Å²) in [7, 11) is 0.454. The largest absolute Gasteiger partial charge is 0.466 e. The lowest BCUT2D eigenvalue weighted by atomic mass is 10.1. The molecule has 0 aromatic heterocycles. The zero-order valence-electron chi connectivity index (χ0n) is 9.08. The first-order chi connectivity index (χ1) is 8.62. The Morgan fingerprint density at radius 2 is 1.35 bits per heavy atom. The summed E-state index contributed by atoms with van der Waals surface area (Å²) in [5.74, 6) is -16.3. The Labute approximate surface area is 108 Å². The Bertz CT molecular complexity index is 365. The standard InChI is InChI=1S/C7H4F10O2S/c1-19-3(18)2(8)20-7(16,17)5(11,12)4(9,10)6(13,14)15/h2H,1H3. The molecule has 0 amide bonds. The van der Waals surface area contributed by atoms with E-state index in [0.29, 0.717) is 7.11 Å². The van der Waals surface area contributed by atoms with Gasteiger partial charge in [-0.15, -0.1) is 0 Å². The number of halogens is 10. The summed E-state index contributed by atoms with van der Waals surface area (Å²) in [5.41, 5.74) is -3.58. The molecular formula is C7H4F10O2S. The molecule has 0 aromatic rings. The van der Waals surface area contributed by atoms with Gasteiger partial charge in [0.15, 0.2) is 0 Å². The number of hydrogen-bond acceptors (Lipinski definition) is 3. The van der Waals surface area contributed by atoms with E-state index in [4.69, 9.17) is 0 Å². The van der Waals surface area contributed by atoms with E-state index < -0.39 is 46.5 Å².